The molecule has 9 nitrogen and oxygen atoms in total. The Hall–Kier alpha value is -4.38. The van der Waals surface area contributed by atoms with Crippen LogP contribution in [0, 0.1) is 15.9 Å². The molecule has 4 rings (SSSR count). The number of ether oxygens (including phenoxy) is 1. The van der Waals surface area contributed by atoms with Crippen LogP contribution in [0.3, 0.4) is 0 Å². The van der Waals surface area contributed by atoms with Crippen molar-refractivity contribution in [1.29, 1.82) is 0 Å². The van der Waals surface area contributed by atoms with E-state index in [0.717, 1.165) is 6.07 Å². The molecule has 0 unspecified atom stereocenters. The SMILES string of the molecule is O=C1NC(=O)N(c2ccccc2F)C(=O)/C1=C\c1cc(Br)ccc1OCc1cccc([N+](=O)[O-])c1. The van der Waals surface area contributed by atoms with Crippen molar-refractivity contribution in [1.82, 2.24) is 5.32 Å². The number of amides is 4. The Morgan fingerprint density at radius 1 is 1.06 bits per heavy atom. The Morgan fingerprint density at radius 3 is 2.57 bits per heavy atom. The smallest absolute Gasteiger partial charge is 0.336 e. The van der Waals surface area contributed by atoms with Gasteiger partial charge in [0.15, 0.2) is 0 Å². The third kappa shape index (κ3) is 5.09. The van der Waals surface area contributed by atoms with Gasteiger partial charge in [0.2, 0.25) is 0 Å². The number of hydrogen-bond acceptors (Lipinski definition) is 6. The van der Waals surface area contributed by atoms with E-state index in [4.69, 9.17) is 4.74 Å². The van der Waals surface area contributed by atoms with Crippen molar-refractivity contribution >= 4 is 51.2 Å². The van der Waals surface area contributed by atoms with Crippen molar-refractivity contribution in [3.63, 3.8) is 0 Å². The van der Waals surface area contributed by atoms with Crippen LogP contribution in [-0.4, -0.2) is 22.8 Å². The monoisotopic (exact) mass is 539 g/mol. The summed E-state index contributed by atoms with van der Waals surface area (Å²) in [4.78, 5) is 48.9. The number of barbiturate groups is 1. The molecule has 11 heteroatoms. The normalized spacial score (nSPS) is 14.7. The largest absolute Gasteiger partial charge is 0.488 e. The number of nitro groups is 1. The molecule has 1 heterocycles. The van der Waals surface area contributed by atoms with Crippen LogP contribution in [0.5, 0.6) is 5.75 Å². The quantitative estimate of drug-likeness (QED) is 0.209. The Kier molecular flexibility index (Phi) is 6.69. The fraction of sp³-hybridized carbons (Fsp3) is 0.0417. The van der Waals surface area contributed by atoms with E-state index in [2.05, 4.69) is 15.9 Å². The lowest BCUT2D eigenvalue weighted by Crippen LogP contribution is -2.54. The molecule has 0 saturated carbocycles. The average Bonchev–Trinajstić information content (AvgIpc) is 2.82. The molecule has 0 aliphatic carbocycles. The number of rotatable bonds is 6. The number of nitrogens with zero attached hydrogens (tertiary/aromatic N) is 2. The van der Waals surface area contributed by atoms with E-state index >= 15 is 0 Å². The molecule has 0 bridgehead atoms. The summed E-state index contributed by atoms with van der Waals surface area (Å²) in [5.41, 5.74) is 0.0391. The van der Waals surface area contributed by atoms with Gasteiger partial charge >= 0.3 is 6.03 Å². The molecule has 1 aliphatic heterocycles. The summed E-state index contributed by atoms with van der Waals surface area (Å²) >= 11 is 3.32. The van der Waals surface area contributed by atoms with Crippen LogP contribution in [0.25, 0.3) is 6.08 Å². The van der Waals surface area contributed by atoms with E-state index in [1.54, 1.807) is 24.3 Å². The van der Waals surface area contributed by atoms with Crippen molar-refractivity contribution in [3.8, 4) is 5.75 Å². The summed E-state index contributed by atoms with van der Waals surface area (Å²) in [6.07, 6.45) is 1.23. The maximum Gasteiger partial charge on any atom is 0.336 e. The van der Waals surface area contributed by atoms with Crippen molar-refractivity contribution in [2.75, 3.05) is 4.90 Å². The van der Waals surface area contributed by atoms with Crippen molar-refractivity contribution < 1.29 is 28.4 Å². The van der Waals surface area contributed by atoms with Gasteiger partial charge in [-0.3, -0.25) is 25.0 Å². The fourth-order valence-electron chi connectivity index (χ4n) is 3.35. The molecule has 176 valence electrons. The number of imide groups is 2. The number of urea groups is 1. The summed E-state index contributed by atoms with van der Waals surface area (Å²) in [6, 6.07) is 14.9. The van der Waals surface area contributed by atoms with Gasteiger partial charge in [-0.2, -0.15) is 0 Å². The lowest BCUT2D eigenvalue weighted by atomic mass is 10.1. The van der Waals surface area contributed by atoms with Crippen molar-refractivity contribution in [3.05, 3.63) is 104 Å². The van der Waals surface area contributed by atoms with Gasteiger partial charge in [0.1, 0.15) is 23.7 Å². The molecule has 0 atom stereocenters. The van der Waals surface area contributed by atoms with Gasteiger partial charge in [-0.15, -0.1) is 0 Å². The lowest BCUT2D eigenvalue weighted by Gasteiger charge is -2.26. The zero-order valence-electron chi connectivity index (χ0n) is 17.7. The van der Waals surface area contributed by atoms with Crippen LogP contribution in [0.1, 0.15) is 11.1 Å². The van der Waals surface area contributed by atoms with Gasteiger partial charge in [0.25, 0.3) is 17.5 Å². The molecule has 3 aromatic rings. The molecule has 3 aromatic carbocycles. The summed E-state index contributed by atoms with van der Waals surface area (Å²) in [5, 5.41) is 13.0. The Labute approximate surface area is 206 Å². The molecule has 0 radical (unpaired) electrons. The standard InChI is InChI=1S/C24H15BrFN3O6/c25-16-8-9-21(35-13-14-4-3-5-17(10-14)29(33)34)15(11-16)12-18-22(30)27-24(32)28(23(18)31)20-7-2-1-6-19(20)26/h1-12H,13H2,(H,27,30,32)/b18-12-. The summed E-state index contributed by atoms with van der Waals surface area (Å²) in [7, 11) is 0. The van der Waals surface area contributed by atoms with E-state index in [1.165, 1.54) is 42.5 Å². The van der Waals surface area contributed by atoms with E-state index < -0.39 is 34.2 Å². The molecule has 1 saturated heterocycles. The third-order valence-electron chi connectivity index (χ3n) is 4.98. The number of nitro benzene ring substituents is 1. The second-order valence-electron chi connectivity index (χ2n) is 7.31. The number of carbonyl (C=O) groups excluding carboxylic acids is 3. The first-order valence-corrected chi connectivity index (χ1v) is 10.9. The van der Waals surface area contributed by atoms with Gasteiger partial charge < -0.3 is 4.74 Å². The summed E-state index contributed by atoms with van der Waals surface area (Å²) in [5.74, 6) is -2.50. The predicted molar refractivity (Wildman–Crippen MR) is 127 cm³/mol. The van der Waals surface area contributed by atoms with Gasteiger partial charge in [-0.05, 0) is 42.0 Å². The molecule has 4 amide bonds. The highest BCUT2D eigenvalue weighted by molar-refractivity contribution is 9.10. The molecule has 1 N–H and O–H groups in total. The van der Waals surface area contributed by atoms with Crippen molar-refractivity contribution in [2.45, 2.75) is 6.61 Å². The number of hydrogen-bond donors (Lipinski definition) is 1. The highest BCUT2D eigenvalue weighted by Crippen LogP contribution is 2.29. The minimum absolute atomic E-state index is 0.0283. The number of benzene rings is 3. The van der Waals surface area contributed by atoms with E-state index in [1.807, 2.05) is 5.32 Å². The zero-order chi connectivity index (χ0) is 25.1. The first-order chi connectivity index (χ1) is 16.7. The molecule has 0 spiro atoms. The second kappa shape index (κ2) is 9.85. The van der Waals surface area contributed by atoms with Gasteiger partial charge in [0.05, 0.1) is 10.6 Å². The van der Waals surface area contributed by atoms with Crippen LogP contribution in [0.2, 0.25) is 0 Å². The van der Waals surface area contributed by atoms with Gasteiger partial charge in [-0.25, -0.2) is 14.1 Å². The second-order valence-corrected chi connectivity index (χ2v) is 8.22. The number of halogens is 2. The van der Waals surface area contributed by atoms with Crippen LogP contribution in [0.4, 0.5) is 20.6 Å². The van der Waals surface area contributed by atoms with Crippen LogP contribution in [0.15, 0.2) is 76.8 Å². The van der Waals surface area contributed by atoms with E-state index in [-0.39, 0.29) is 23.7 Å². The first kappa shape index (κ1) is 23.8. The van der Waals surface area contributed by atoms with Crippen molar-refractivity contribution in [2.24, 2.45) is 0 Å². The van der Waals surface area contributed by atoms with Crippen LogP contribution in [-0.2, 0) is 16.2 Å². The molecule has 0 aromatic heterocycles. The molecule has 35 heavy (non-hydrogen) atoms. The predicted octanol–water partition coefficient (Wildman–Crippen LogP) is 4.74. The lowest BCUT2D eigenvalue weighted by molar-refractivity contribution is -0.384. The maximum absolute atomic E-state index is 14.3. The van der Waals surface area contributed by atoms with Gasteiger partial charge in [-0.1, -0.05) is 40.2 Å². The molecular formula is C24H15BrFN3O6. The Morgan fingerprint density at radius 2 is 1.83 bits per heavy atom. The highest BCUT2D eigenvalue weighted by Gasteiger charge is 2.38. The first-order valence-electron chi connectivity index (χ1n) is 10.1. The minimum Gasteiger partial charge on any atom is -0.488 e. The topological polar surface area (TPSA) is 119 Å². The average molecular weight is 540 g/mol. The van der Waals surface area contributed by atoms with Crippen LogP contribution >= 0.6 is 15.9 Å². The fourth-order valence-corrected chi connectivity index (χ4v) is 3.73. The summed E-state index contributed by atoms with van der Waals surface area (Å²) < 4.78 is 20.7. The minimum atomic E-state index is -1.07. The molecular weight excluding hydrogens is 525 g/mol. The third-order valence-corrected chi connectivity index (χ3v) is 5.48. The van der Waals surface area contributed by atoms with Gasteiger partial charge in [0, 0.05) is 22.2 Å². The Bertz CT molecular complexity index is 1410. The number of para-hydroxylation sites is 1. The highest BCUT2D eigenvalue weighted by atomic mass is 79.9. The number of anilines is 1. The zero-order valence-corrected chi connectivity index (χ0v) is 19.3. The molecule has 1 aliphatic rings. The maximum atomic E-state index is 14.3. The van der Waals surface area contributed by atoms with Crippen LogP contribution < -0.4 is 15.0 Å². The van der Waals surface area contributed by atoms with E-state index in [0.29, 0.717) is 20.5 Å². The van der Waals surface area contributed by atoms with E-state index in [9.17, 15) is 28.9 Å². The number of non-ortho nitro benzene ring substituents is 1. The number of carbonyl (C=O) groups is 3. The molecule has 1 fully saturated rings. The summed E-state index contributed by atoms with van der Waals surface area (Å²) in [6.45, 7) is -0.0283. The number of nitrogens with one attached hydrogen (secondary N) is 1. The Balaban J connectivity index is 1.67.